The topological polar surface area (TPSA) is 0 Å². The van der Waals surface area contributed by atoms with Crippen LogP contribution in [0.2, 0.25) is 0 Å². The van der Waals surface area contributed by atoms with Gasteiger partial charge in [-0.1, -0.05) is 0 Å². The van der Waals surface area contributed by atoms with Crippen molar-refractivity contribution in [1.82, 2.24) is 0 Å². The van der Waals surface area contributed by atoms with Crippen molar-refractivity contribution in [1.29, 1.82) is 0 Å². The van der Waals surface area contributed by atoms with Gasteiger partial charge < -0.3 is 6.42 Å². The zero-order chi connectivity index (χ0) is 4.12. The standard InChI is InChI=1S/C3H5.CH.Mo/c1-2-3-1;;/h1H,2-3H2;1H;/q-1;;+1. The van der Waals surface area contributed by atoms with E-state index in [0.29, 0.717) is 0 Å². The predicted molar refractivity (Wildman–Crippen MR) is 18.5 cm³/mol. The Bertz CT molecular complexity index is 25.1. The van der Waals surface area contributed by atoms with Gasteiger partial charge in [-0.3, -0.25) is 0 Å². The van der Waals surface area contributed by atoms with E-state index in [1.54, 1.807) is 0 Å². The summed E-state index contributed by atoms with van der Waals surface area (Å²) in [5.41, 5.74) is 0. The Morgan fingerprint density at radius 1 is 1.40 bits per heavy atom. The first-order valence-electron chi connectivity index (χ1n) is 1.55. The van der Waals surface area contributed by atoms with Gasteiger partial charge in [0, 0.05) is 0 Å². The van der Waals surface area contributed by atoms with Crippen LogP contribution in [0.1, 0.15) is 12.8 Å². The molecule has 0 aromatic carbocycles. The van der Waals surface area contributed by atoms with Crippen LogP contribution in [0.15, 0.2) is 0 Å². The van der Waals surface area contributed by atoms with Crippen molar-refractivity contribution in [2.45, 2.75) is 12.8 Å². The van der Waals surface area contributed by atoms with Crippen LogP contribution in [0.4, 0.5) is 0 Å². The van der Waals surface area contributed by atoms with Crippen LogP contribution in [0, 0.1) is 11.1 Å². The molecule has 5 heavy (non-hydrogen) atoms. The number of rotatable bonds is 0. The molecule has 1 fully saturated rings. The summed E-state index contributed by atoms with van der Waals surface area (Å²) in [7, 11) is 0. The Hall–Kier alpha value is 0.468. The molecule has 0 aromatic heterocycles. The van der Waals surface area contributed by atoms with E-state index in [1.807, 2.05) is 0 Å². The summed E-state index contributed by atoms with van der Waals surface area (Å²) in [5.74, 6) is 0. The molecule has 1 rings (SSSR count). The molecule has 0 N–H and O–H groups in total. The molecule has 0 aromatic rings. The fourth-order valence-electron chi connectivity index (χ4n) is 0. The maximum atomic E-state index is 4.51. The molecule has 0 amide bonds. The van der Waals surface area contributed by atoms with Gasteiger partial charge in [-0.25, -0.2) is 12.8 Å². The molecule has 1 heteroatoms. The summed E-state index contributed by atoms with van der Waals surface area (Å²) in [5, 5.41) is 0. The number of hydrogen-bond donors (Lipinski definition) is 0. The first-order chi connectivity index (χ1) is 2.50. The minimum absolute atomic E-state index is 1.38. The quantitative estimate of drug-likeness (QED) is 0.358. The van der Waals surface area contributed by atoms with Crippen molar-refractivity contribution in [3.8, 4) is 4.71 Å². The zero-order valence-corrected chi connectivity index (χ0v) is 4.98. The molecule has 0 heterocycles. The molecule has 0 saturated heterocycles. The Balaban J connectivity index is 0.0000000733. The van der Waals surface area contributed by atoms with E-state index in [4.69, 9.17) is 0 Å². The molecule has 0 bridgehead atoms. The van der Waals surface area contributed by atoms with Crippen LogP contribution in [-0.4, -0.2) is 0 Å². The van der Waals surface area contributed by atoms with Gasteiger partial charge in [0.05, 0.1) is 0 Å². The van der Waals surface area contributed by atoms with Gasteiger partial charge in [0.25, 0.3) is 0 Å². The fourth-order valence-corrected chi connectivity index (χ4v) is 0. The molecule has 0 unspecified atom stereocenters. The second kappa shape index (κ2) is 4.47. The van der Waals surface area contributed by atoms with Crippen molar-refractivity contribution >= 4 is 0 Å². The van der Waals surface area contributed by atoms with Crippen LogP contribution in [0.25, 0.3) is 0 Å². The first kappa shape index (κ1) is 5.47. The summed E-state index contributed by atoms with van der Waals surface area (Å²) in [4.78, 5) is 0. The predicted octanol–water partition coefficient (Wildman–Crippen LogP) is 1.11. The van der Waals surface area contributed by atoms with Gasteiger partial charge >= 0.3 is 23.9 Å². The summed E-state index contributed by atoms with van der Waals surface area (Å²) in [6, 6.07) is 0. The third-order valence-electron chi connectivity index (χ3n) is 0.289. The van der Waals surface area contributed by atoms with Gasteiger partial charge in [0.15, 0.2) is 0 Å². The molecular weight excluding hydrogens is 144 g/mol. The van der Waals surface area contributed by atoms with Crippen molar-refractivity contribution in [2.24, 2.45) is 0 Å². The molecule has 0 atom stereocenters. The molecule has 0 aliphatic heterocycles. The Kier molecular flexibility index (Phi) is 4.89. The average molecular weight is 150 g/mol. The van der Waals surface area contributed by atoms with Crippen LogP contribution in [0.3, 0.4) is 0 Å². The maximum absolute atomic E-state index is 4.51. The third kappa shape index (κ3) is 12.6. The van der Waals surface area contributed by atoms with Gasteiger partial charge in [-0.2, -0.15) is 0 Å². The van der Waals surface area contributed by atoms with Gasteiger partial charge in [-0.05, 0) is 0 Å². The molecular formula is C4H6Mo. The first-order valence-corrected chi connectivity index (χ1v) is 2.71. The normalized spacial score (nSPS) is 14.8. The van der Waals surface area contributed by atoms with Gasteiger partial charge in [0.1, 0.15) is 0 Å². The molecule has 0 radical (unpaired) electrons. The van der Waals surface area contributed by atoms with Crippen LogP contribution in [0.5, 0.6) is 0 Å². The van der Waals surface area contributed by atoms with E-state index in [1.165, 1.54) is 32.0 Å². The fraction of sp³-hybridized carbons (Fsp3) is 0.500. The van der Waals surface area contributed by atoms with E-state index in [9.17, 15) is 0 Å². The van der Waals surface area contributed by atoms with Crippen molar-refractivity contribution in [3.63, 3.8) is 0 Å². The van der Waals surface area contributed by atoms with Crippen molar-refractivity contribution in [2.75, 3.05) is 0 Å². The summed E-state index contributed by atoms with van der Waals surface area (Å²) in [6.07, 6.45) is 5.00. The summed E-state index contributed by atoms with van der Waals surface area (Å²) in [6.45, 7) is 0. The summed E-state index contributed by atoms with van der Waals surface area (Å²) < 4.78 is 4.51. The molecule has 1 aliphatic rings. The second-order valence-electron chi connectivity index (χ2n) is 0.866. The van der Waals surface area contributed by atoms with E-state index in [0.717, 1.165) is 0 Å². The summed E-state index contributed by atoms with van der Waals surface area (Å²) >= 11 is 1.45. The van der Waals surface area contributed by atoms with E-state index in [2.05, 4.69) is 11.1 Å². The van der Waals surface area contributed by atoms with Gasteiger partial charge in [-0.15, -0.1) is 0 Å². The average Bonchev–Trinajstić information content (AvgIpc) is 2.19. The molecule has 1 saturated carbocycles. The number of hydrogen-bond acceptors (Lipinski definition) is 0. The monoisotopic (exact) mass is 152 g/mol. The molecule has 0 spiro atoms. The van der Waals surface area contributed by atoms with E-state index in [-0.39, 0.29) is 0 Å². The van der Waals surface area contributed by atoms with Gasteiger partial charge in [0.2, 0.25) is 0 Å². The molecule has 0 nitrogen and oxygen atoms in total. The molecule has 1 aliphatic carbocycles. The molecule has 28 valence electrons. The second-order valence-corrected chi connectivity index (χ2v) is 0.866. The van der Waals surface area contributed by atoms with Crippen LogP contribution >= 0.6 is 0 Å². The van der Waals surface area contributed by atoms with Crippen molar-refractivity contribution < 1.29 is 19.2 Å². The van der Waals surface area contributed by atoms with E-state index >= 15 is 0 Å². The van der Waals surface area contributed by atoms with Crippen molar-refractivity contribution in [3.05, 3.63) is 6.42 Å². The third-order valence-corrected chi connectivity index (χ3v) is 0.289. The zero-order valence-electron chi connectivity index (χ0n) is 2.98. The Morgan fingerprint density at radius 3 is 1.60 bits per heavy atom. The Morgan fingerprint density at radius 2 is 1.60 bits per heavy atom. The SMILES string of the molecule is [CH-]1CC1.[CH]#[Mo+]. The minimum atomic E-state index is 1.38. The van der Waals surface area contributed by atoms with Crippen LogP contribution in [-0.2, 0) is 19.2 Å². The van der Waals surface area contributed by atoms with Crippen LogP contribution < -0.4 is 0 Å². The van der Waals surface area contributed by atoms with E-state index < -0.39 is 0 Å². The Labute approximate surface area is 43.6 Å².